The summed E-state index contributed by atoms with van der Waals surface area (Å²) in [5.41, 5.74) is 0.290. The molecule has 0 heterocycles. The molecule has 112 valence electrons. The fourth-order valence-corrected chi connectivity index (χ4v) is 3.07. The second-order valence-electron chi connectivity index (χ2n) is 6.13. The number of benzene rings is 1. The van der Waals surface area contributed by atoms with Crippen LogP contribution >= 0.6 is 0 Å². The van der Waals surface area contributed by atoms with E-state index < -0.39 is 0 Å². The molecule has 2 atom stereocenters. The van der Waals surface area contributed by atoms with Gasteiger partial charge in [-0.2, -0.15) is 0 Å². The smallest absolute Gasteiger partial charge is 0.123 e. The molecule has 0 spiro atoms. The molecule has 1 aromatic carbocycles. The van der Waals surface area contributed by atoms with E-state index in [1.54, 1.807) is 0 Å². The molecule has 0 aliphatic heterocycles. The first-order chi connectivity index (χ1) is 9.56. The van der Waals surface area contributed by atoms with E-state index in [1.165, 1.54) is 6.42 Å². The summed E-state index contributed by atoms with van der Waals surface area (Å²) in [7, 11) is 0. The summed E-state index contributed by atoms with van der Waals surface area (Å²) in [5, 5.41) is 3.59. The Morgan fingerprint density at radius 1 is 1.25 bits per heavy atom. The fraction of sp³-hybridized carbons (Fsp3) is 0.647. The summed E-state index contributed by atoms with van der Waals surface area (Å²) in [5.74, 6) is 1.78. The number of hydrogen-bond donors (Lipinski definition) is 1. The third-order valence-corrected chi connectivity index (χ3v) is 4.11. The number of hydrogen-bond acceptors (Lipinski definition) is 3. The highest BCUT2D eigenvalue weighted by molar-refractivity contribution is 5.33. The Labute approximate surface area is 122 Å². The zero-order chi connectivity index (χ0) is 14.6. The van der Waals surface area contributed by atoms with Gasteiger partial charge < -0.3 is 14.8 Å². The first kappa shape index (κ1) is 15.2. The van der Waals surface area contributed by atoms with Crippen molar-refractivity contribution in [1.82, 2.24) is 5.32 Å². The highest BCUT2D eigenvalue weighted by Gasteiger charge is 2.42. The molecule has 1 aliphatic carbocycles. The van der Waals surface area contributed by atoms with Crippen molar-refractivity contribution < 1.29 is 9.47 Å². The van der Waals surface area contributed by atoms with Gasteiger partial charge in [0.2, 0.25) is 0 Å². The van der Waals surface area contributed by atoms with Gasteiger partial charge in [-0.25, -0.2) is 0 Å². The van der Waals surface area contributed by atoms with Gasteiger partial charge >= 0.3 is 0 Å². The van der Waals surface area contributed by atoms with Crippen molar-refractivity contribution in [3.8, 4) is 11.5 Å². The molecule has 0 amide bonds. The minimum Gasteiger partial charge on any atom is -0.494 e. The van der Waals surface area contributed by atoms with Crippen LogP contribution in [0.4, 0.5) is 0 Å². The monoisotopic (exact) mass is 277 g/mol. The van der Waals surface area contributed by atoms with Crippen molar-refractivity contribution in [2.45, 2.75) is 52.7 Å². The third kappa shape index (κ3) is 3.45. The Balaban J connectivity index is 2.07. The average Bonchev–Trinajstić information content (AvgIpc) is 2.68. The Kier molecular flexibility index (Phi) is 4.92. The lowest BCUT2D eigenvalue weighted by molar-refractivity contribution is 0.141. The molecule has 1 aliphatic rings. The number of ether oxygens (including phenoxy) is 2. The molecule has 1 saturated carbocycles. The van der Waals surface area contributed by atoms with Crippen molar-refractivity contribution in [2.24, 2.45) is 5.41 Å². The van der Waals surface area contributed by atoms with Crippen LogP contribution in [0.25, 0.3) is 0 Å². The van der Waals surface area contributed by atoms with Crippen molar-refractivity contribution in [1.29, 1.82) is 0 Å². The van der Waals surface area contributed by atoms with Gasteiger partial charge in [-0.1, -0.05) is 26.8 Å². The Bertz CT molecular complexity index is 431. The molecule has 0 radical (unpaired) electrons. The predicted octanol–water partition coefficient (Wildman–Crippen LogP) is 3.63. The van der Waals surface area contributed by atoms with Crippen LogP contribution in [0.2, 0.25) is 0 Å². The highest BCUT2D eigenvalue weighted by Crippen LogP contribution is 2.39. The van der Waals surface area contributed by atoms with E-state index in [-0.39, 0.29) is 11.5 Å². The molecule has 0 aromatic heterocycles. The van der Waals surface area contributed by atoms with Gasteiger partial charge in [0.1, 0.15) is 17.6 Å². The van der Waals surface area contributed by atoms with Gasteiger partial charge in [0, 0.05) is 12.1 Å². The molecule has 3 nitrogen and oxygen atoms in total. The van der Waals surface area contributed by atoms with Crippen LogP contribution in [0.15, 0.2) is 24.3 Å². The topological polar surface area (TPSA) is 30.5 Å². The molecule has 2 rings (SSSR count). The Morgan fingerprint density at radius 3 is 2.70 bits per heavy atom. The van der Waals surface area contributed by atoms with E-state index in [0.29, 0.717) is 12.6 Å². The molecule has 0 saturated heterocycles. The molecule has 1 N–H and O–H groups in total. The lowest BCUT2D eigenvalue weighted by Gasteiger charge is -2.31. The quantitative estimate of drug-likeness (QED) is 0.861. The second kappa shape index (κ2) is 6.49. The van der Waals surface area contributed by atoms with E-state index in [4.69, 9.17) is 9.47 Å². The van der Waals surface area contributed by atoms with E-state index in [1.807, 2.05) is 31.2 Å². The molecule has 1 aromatic rings. The van der Waals surface area contributed by atoms with Gasteiger partial charge in [0.05, 0.1) is 6.61 Å². The van der Waals surface area contributed by atoms with Crippen LogP contribution < -0.4 is 14.8 Å². The summed E-state index contributed by atoms with van der Waals surface area (Å²) < 4.78 is 11.8. The largest absolute Gasteiger partial charge is 0.494 e. The standard InChI is InChI=1S/C17H27NO2/c1-5-18-16-15(10-11-17(16,3)4)20-14-9-7-8-13(12-14)19-6-2/h7-9,12,15-16,18H,5-6,10-11H2,1-4H3. The van der Waals surface area contributed by atoms with Crippen molar-refractivity contribution >= 4 is 0 Å². The molecule has 3 heteroatoms. The predicted molar refractivity (Wildman–Crippen MR) is 82.5 cm³/mol. The Hall–Kier alpha value is -1.22. The highest BCUT2D eigenvalue weighted by atomic mass is 16.5. The van der Waals surface area contributed by atoms with E-state index in [9.17, 15) is 0 Å². The summed E-state index contributed by atoms with van der Waals surface area (Å²) in [6, 6.07) is 8.36. The van der Waals surface area contributed by atoms with E-state index >= 15 is 0 Å². The Morgan fingerprint density at radius 2 is 2.00 bits per heavy atom. The van der Waals surface area contributed by atoms with Gasteiger partial charge in [-0.3, -0.25) is 0 Å². The van der Waals surface area contributed by atoms with E-state index in [2.05, 4.69) is 26.1 Å². The second-order valence-corrected chi connectivity index (χ2v) is 6.13. The first-order valence-electron chi connectivity index (χ1n) is 7.69. The van der Waals surface area contributed by atoms with Crippen LogP contribution in [0.3, 0.4) is 0 Å². The average molecular weight is 277 g/mol. The lowest BCUT2D eigenvalue weighted by Crippen LogP contribution is -2.46. The van der Waals surface area contributed by atoms with Crippen molar-refractivity contribution in [3.05, 3.63) is 24.3 Å². The maximum absolute atomic E-state index is 6.22. The zero-order valence-corrected chi connectivity index (χ0v) is 13.1. The minimum atomic E-state index is 0.238. The summed E-state index contributed by atoms with van der Waals surface area (Å²) >= 11 is 0. The minimum absolute atomic E-state index is 0.238. The normalized spacial score (nSPS) is 24.6. The van der Waals surface area contributed by atoms with Crippen LogP contribution in [0, 0.1) is 5.41 Å². The number of likely N-dealkylation sites (N-methyl/N-ethyl adjacent to an activating group) is 1. The molecule has 20 heavy (non-hydrogen) atoms. The van der Waals surface area contributed by atoms with Gasteiger partial charge in [-0.05, 0) is 43.9 Å². The summed E-state index contributed by atoms with van der Waals surface area (Å²) in [6.45, 7) is 10.4. The summed E-state index contributed by atoms with van der Waals surface area (Å²) in [4.78, 5) is 0. The number of nitrogens with one attached hydrogen (secondary N) is 1. The van der Waals surface area contributed by atoms with Crippen molar-refractivity contribution in [3.63, 3.8) is 0 Å². The van der Waals surface area contributed by atoms with Gasteiger partial charge in [0.15, 0.2) is 0 Å². The van der Waals surface area contributed by atoms with Gasteiger partial charge in [-0.15, -0.1) is 0 Å². The maximum atomic E-state index is 6.22. The van der Waals surface area contributed by atoms with E-state index in [0.717, 1.165) is 24.5 Å². The SMILES string of the molecule is CCNC1C(Oc2cccc(OCC)c2)CCC1(C)C. The van der Waals surface area contributed by atoms with Crippen LogP contribution in [0.5, 0.6) is 11.5 Å². The lowest BCUT2D eigenvalue weighted by atomic mass is 9.87. The van der Waals surface area contributed by atoms with Crippen LogP contribution in [-0.4, -0.2) is 25.3 Å². The summed E-state index contributed by atoms with van der Waals surface area (Å²) in [6.07, 6.45) is 2.53. The third-order valence-electron chi connectivity index (χ3n) is 4.11. The molecular formula is C17H27NO2. The van der Waals surface area contributed by atoms with Crippen LogP contribution in [-0.2, 0) is 0 Å². The molecule has 0 bridgehead atoms. The molecule has 1 fully saturated rings. The molecule has 2 unspecified atom stereocenters. The number of rotatable bonds is 6. The maximum Gasteiger partial charge on any atom is 0.123 e. The van der Waals surface area contributed by atoms with Crippen molar-refractivity contribution in [2.75, 3.05) is 13.2 Å². The van der Waals surface area contributed by atoms with Gasteiger partial charge in [0.25, 0.3) is 0 Å². The molecular weight excluding hydrogens is 250 g/mol. The van der Waals surface area contributed by atoms with Crippen LogP contribution in [0.1, 0.15) is 40.5 Å². The first-order valence-corrected chi connectivity index (χ1v) is 7.69. The fourth-order valence-electron chi connectivity index (χ4n) is 3.07. The zero-order valence-electron chi connectivity index (χ0n) is 13.1.